The molecule has 2 saturated heterocycles. The molecule has 0 spiro atoms. The van der Waals surface area contributed by atoms with Crippen LogP contribution in [-0.4, -0.2) is 61.9 Å². The Morgan fingerprint density at radius 2 is 2.17 bits per heavy atom. The molecule has 8 heteroatoms. The van der Waals surface area contributed by atoms with E-state index >= 15 is 0 Å². The van der Waals surface area contributed by atoms with Gasteiger partial charge in [0, 0.05) is 31.2 Å². The Kier molecular flexibility index (Phi) is 5.30. The van der Waals surface area contributed by atoms with Crippen LogP contribution in [0.5, 0.6) is 6.01 Å². The molecule has 8 nitrogen and oxygen atoms in total. The highest BCUT2D eigenvalue weighted by Gasteiger charge is 2.45. The maximum Gasteiger partial charge on any atom is 0.318 e. The van der Waals surface area contributed by atoms with E-state index in [0.717, 1.165) is 69.9 Å². The molecule has 3 unspecified atom stereocenters. The summed E-state index contributed by atoms with van der Waals surface area (Å²) in [6.07, 6.45) is 5.32. The van der Waals surface area contributed by atoms with E-state index in [-0.39, 0.29) is 11.9 Å². The van der Waals surface area contributed by atoms with Gasteiger partial charge in [-0.25, -0.2) is 0 Å². The van der Waals surface area contributed by atoms with Crippen molar-refractivity contribution < 1.29 is 14.3 Å². The van der Waals surface area contributed by atoms with Crippen molar-refractivity contribution >= 4 is 11.8 Å². The summed E-state index contributed by atoms with van der Waals surface area (Å²) in [6, 6.07) is 0.876. The first kappa shape index (κ1) is 19.1. The number of aromatic nitrogens is 2. The van der Waals surface area contributed by atoms with E-state index in [4.69, 9.17) is 19.4 Å². The van der Waals surface area contributed by atoms with E-state index in [0.29, 0.717) is 30.5 Å². The number of nitrogens with zero attached hydrogens (tertiary/aromatic N) is 3. The number of fused-ring (bicyclic) bond motifs is 3. The number of carbonyl (C=O) groups excluding carboxylic acids is 1. The van der Waals surface area contributed by atoms with Crippen LogP contribution in [-0.2, 0) is 22.5 Å². The Bertz CT molecular complexity index is 767. The molecule has 1 saturated carbocycles. The highest BCUT2D eigenvalue weighted by Crippen LogP contribution is 2.43. The van der Waals surface area contributed by atoms with Crippen molar-refractivity contribution in [2.24, 2.45) is 17.8 Å². The summed E-state index contributed by atoms with van der Waals surface area (Å²) < 4.78 is 11.1. The first-order valence-electron chi connectivity index (χ1n) is 11.0. The summed E-state index contributed by atoms with van der Waals surface area (Å²) >= 11 is 0. The molecule has 2 N–H and O–H groups in total. The van der Waals surface area contributed by atoms with Gasteiger partial charge in [0.1, 0.15) is 12.4 Å². The number of piperidine rings is 1. The molecule has 4 heterocycles. The molecule has 158 valence electrons. The zero-order valence-corrected chi connectivity index (χ0v) is 17.2. The lowest BCUT2D eigenvalue weighted by Gasteiger charge is -2.35. The van der Waals surface area contributed by atoms with Gasteiger partial charge in [-0.2, -0.15) is 9.97 Å². The fraction of sp³-hybridized carbons (Fsp3) is 0.762. The molecule has 1 aromatic rings. The van der Waals surface area contributed by atoms with Gasteiger partial charge < -0.3 is 25.0 Å². The number of anilines is 1. The quantitative estimate of drug-likeness (QED) is 0.704. The van der Waals surface area contributed by atoms with Crippen molar-refractivity contribution in [1.29, 1.82) is 0 Å². The topological polar surface area (TPSA) is 88.6 Å². The lowest BCUT2D eigenvalue weighted by atomic mass is 9.94. The molecular formula is C21H31N5O3. The first-order chi connectivity index (χ1) is 14.2. The van der Waals surface area contributed by atoms with Crippen LogP contribution in [0.2, 0.25) is 0 Å². The van der Waals surface area contributed by atoms with Crippen molar-refractivity contribution in [1.82, 2.24) is 20.6 Å². The Morgan fingerprint density at radius 1 is 1.24 bits per heavy atom. The third-order valence-electron chi connectivity index (χ3n) is 7.00. The van der Waals surface area contributed by atoms with Gasteiger partial charge in [0.05, 0.1) is 18.7 Å². The molecule has 5 rings (SSSR count). The van der Waals surface area contributed by atoms with Crippen LogP contribution in [0.4, 0.5) is 5.82 Å². The Balaban J connectivity index is 1.38. The number of methoxy groups -OCH3 is 1. The number of ether oxygens (including phenoxy) is 2. The number of carbonyl (C=O) groups is 1. The van der Waals surface area contributed by atoms with E-state index in [1.165, 1.54) is 19.1 Å². The molecule has 4 aliphatic rings. The largest absolute Gasteiger partial charge is 0.469 e. The molecule has 29 heavy (non-hydrogen) atoms. The van der Waals surface area contributed by atoms with E-state index < -0.39 is 0 Å². The third-order valence-corrected chi connectivity index (χ3v) is 7.00. The van der Waals surface area contributed by atoms with Crippen LogP contribution in [0.25, 0.3) is 0 Å². The number of rotatable bonds is 5. The van der Waals surface area contributed by atoms with E-state index in [2.05, 4.69) is 15.5 Å². The average molecular weight is 402 g/mol. The molecule has 0 amide bonds. The van der Waals surface area contributed by atoms with Gasteiger partial charge >= 0.3 is 12.0 Å². The molecule has 3 fully saturated rings. The van der Waals surface area contributed by atoms with Crippen LogP contribution in [0, 0.1) is 17.8 Å². The summed E-state index contributed by atoms with van der Waals surface area (Å²) in [5.74, 6) is 1.86. The molecular weight excluding hydrogens is 370 g/mol. The zero-order valence-electron chi connectivity index (χ0n) is 17.2. The number of hydrogen-bond acceptors (Lipinski definition) is 8. The van der Waals surface area contributed by atoms with Gasteiger partial charge in [-0.05, 0) is 57.0 Å². The fourth-order valence-electron chi connectivity index (χ4n) is 5.59. The molecule has 3 aliphatic heterocycles. The standard InChI is InChI=1S/C21H31N5O3/c1-28-20(27)17-8-13-7-14(17)11-26(10-13)19-16-4-6-22-9-18(16)24-21(25-19)29-12-15-3-2-5-23-15/h13-15,17,22-23H,2-12H2,1H3/t13?,14?,15-,17?/m0/s1. The second-order valence-electron chi connectivity index (χ2n) is 8.92. The van der Waals surface area contributed by atoms with E-state index in [1.807, 2.05) is 0 Å². The normalized spacial score (nSPS) is 30.9. The van der Waals surface area contributed by atoms with Crippen LogP contribution >= 0.6 is 0 Å². The van der Waals surface area contributed by atoms with Gasteiger partial charge in [-0.15, -0.1) is 0 Å². The zero-order chi connectivity index (χ0) is 19.8. The highest BCUT2D eigenvalue weighted by atomic mass is 16.5. The summed E-state index contributed by atoms with van der Waals surface area (Å²) in [5.41, 5.74) is 2.30. The maximum absolute atomic E-state index is 12.2. The average Bonchev–Trinajstić information content (AvgIpc) is 3.38. The minimum Gasteiger partial charge on any atom is -0.469 e. The van der Waals surface area contributed by atoms with Gasteiger partial charge in [0.15, 0.2) is 0 Å². The van der Waals surface area contributed by atoms with E-state index in [9.17, 15) is 4.79 Å². The summed E-state index contributed by atoms with van der Waals surface area (Å²) in [7, 11) is 1.50. The minimum atomic E-state index is -0.0543. The van der Waals surface area contributed by atoms with Crippen LogP contribution in [0.3, 0.4) is 0 Å². The monoisotopic (exact) mass is 401 g/mol. The smallest absolute Gasteiger partial charge is 0.318 e. The Morgan fingerprint density at radius 3 is 3.00 bits per heavy atom. The van der Waals surface area contributed by atoms with Crippen LogP contribution in [0.15, 0.2) is 0 Å². The Hall–Kier alpha value is -1.93. The molecule has 0 aromatic carbocycles. The van der Waals surface area contributed by atoms with Crippen molar-refractivity contribution in [3.63, 3.8) is 0 Å². The summed E-state index contributed by atoms with van der Waals surface area (Å²) in [5, 5.41) is 6.88. The summed E-state index contributed by atoms with van der Waals surface area (Å²) in [4.78, 5) is 24.2. The van der Waals surface area contributed by atoms with Crippen molar-refractivity contribution in [2.75, 3.05) is 44.8 Å². The predicted octanol–water partition coefficient (Wildman–Crippen LogP) is 0.889. The number of hydrogen-bond donors (Lipinski definition) is 2. The predicted molar refractivity (Wildman–Crippen MR) is 108 cm³/mol. The lowest BCUT2D eigenvalue weighted by molar-refractivity contribution is -0.146. The van der Waals surface area contributed by atoms with Crippen LogP contribution < -0.4 is 20.3 Å². The summed E-state index contributed by atoms with van der Waals surface area (Å²) in [6.45, 7) is 5.18. The Labute approximate surface area is 171 Å². The second-order valence-corrected chi connectivity index (χ2v) is 8.92. The van der Waals surface area contributed by atoms with Gasteiger partial charge in [-0.3, -0.25) is 4.79 Å². The van der Waals surface area contributed by atoms with E-state index in [1.54, 1.807) is 0 Å². The number of nitrogens with one attached hydrogen (secondary N) is 2. The lowest BCUT2D eigenvalue weighted by Crippen LogP contribution is -2.40. The molecule has 1 aromatic heterocycles. The fourth-order valence-corrected chi connectivity index (χ4v) is 5.59. The molecule has 4 atom stereocenters. The second kappa shape index (κ2) is 8.07. The van der Waals surface area contributed by atoms with Gasteiger partial charge in [-0.1, -0.05) is 0 Å². The van der Waals surface area contributed by atoms with Gasteiger partial charge in [0.2, 0.25) is 0 Å². The van der Waals surface area contributed by atoms with Crippen molar-refractivity contribution in [3.8, 4) is 6.01 Å². The molecule has 1 aliphatic carbocycles. The van der Waals surface area contributed by atoms with Crippen LogP contribution in [0.1, 0.15) is 36.9 Å². The van der Waals surface area contributed by atoms with Crippen molar-refractivity contribution in [2.45, 2.75) is 44.7 Å². The molecule has 0 radical (unpaired) electrons. The third kappa shape index (κ3) is 3.80. The first-order valence-corrected chi connectivity index (χ1v) is 11.0. The molecule has 2 bridgehead atoms. The minimum absolute atomic E-state index is 0.0264. The maximum atomic E-state index is 12.2. The highest BCUT2D eigenvalue weighted by molar-refractivity contribution is 5.73. The number of esters is 1. The van der Waals surface area contributed by atoms with Gasteiger partial charge in [0.25, 0.3) is 0 Å². The SMILES string of the molecule is COC(=O)C1CC2CC1CN(c1nc(OC[C@@H]3CCCN3)nc3c1CCNC3)C2. The van der Waals surface area contributed by atoms with Crippen molar-refractivity contribution in [3.05, 3.63) is 11.3 Å².